The molecule has 1 amide bonds. The van der Waals surface area contributed by atoms with Crippen molar-refractivity contribution in [2.45, 2.75) is 19.3 Å². The Bertz CT molecular complexity index is 669. The molecular formula is C18H21NO5. The van der Waals surface area contributed by atoms with Crippen molar-refractivity contribution < 1.29 is 24.2 Å². The van der Waals surface area contributed by atoms with Crippen LogP contribution in [0.25, 0.3) is 0 Å². The van der Waals surface area contributed by atoms with E-state index < -0.39 is 11.9 Å². The first kappa shape index (κ1) is 15.3. The summed E-state index contributed by atoms with van der Waals surface area (Å²) in [5.74, 6) is 0.443. The molecule has 1 aliphatic carbocycles. The molecule has 1 saturated heterocycles. The maximum absolute atomic E-state index is 12.8. The van der Waals surface area contributed by atoms with Crippen LogP contribution >= 0.6 is 0 Å². The quantitative estimate of drug-likeness (QED) is 0.917. The van der Waals surface area contributed by atoms with E-state index in [0.717, 1.165) is 19.3 Å². The Hall–Kier alpha value is -2.24. The number of ether oxygens (including phenoxy) is 2. The van der Waals surface area contributed by atoms with Crippen LogP contribution in [0.2, 0.25) is 0 Å². The van der Waals surface area contributed by atoms with Crippen molar-refractivity contribution in [2.24, 2.45) is 17.8 Å². The highest BCUT2D eigenvalue weighted by Crippen LogP contribution is 2.44. The SMILES string of the molecule is O=C(O)[C@H]1CN(C(=O)c2ccc3c(c2)OCCCO3)C[C@@H]1C1CC1. The number of carbonyl (C=O) groups is 2. The van der Waals surface area contributed by atoms with Gasteiger partial charge in [-0.15, -0.1) is 0 Å². The molecule has 6 nitrogen and oxygen atoms in total. The first-order chi connectivity index (χ1) is 11.6. The monoisotopic (exact) mass is 331 g/mol. The van der Waals surface area contributed by atoms with Crippen LogP contribution in [-0.2, 0) is 4.79 Å². The molecule has 2 fully saturated rings. The van der Waals surface area contributed by atoms with Crippen molar-refractivity contribution >= 4 is 11.9 Å². The maximum atomic E-state index is 12.8. The van der Waals surface area contributed by atoms with Crippen LogP contribution in [0.5, 0.6) is 11.5 Å². The zero-order valence-corrected chi connectivity index (χ0v) is 13.4. The van der Waals surface area contributed by atoms with E-state index in [-0.39, 0.29) is 11.8 Å². The van der Waals surface area contributed by atoms with Gasteiger partial charge in [0.2, 0.25) is 0 Å². The summed E-state index contributed by atoms with van der Waals surface area (Å²) in [6.45, 7) is 2.01. The summed E-state index contributed by atoms with van der Waals surface area (Å²) < 4.78 is 11.2. The fourth-order valence-electron chi connectivity index (χ4n) is 3.74. The number of rotatable bonds is 3. The molecule has 1 N–H and O–H groups in total. The minimum Gasteiger partial charge on any atom is -0.490 e. The Morgan fingerprint density at radius 1 is 1.08 bits per heavy atom. The number of hydrogen-bond donors (Lipinski definition) is 1. The van der Waals surface area contributed by atoms with E-state index in [9.17, 15) is 14.7 Å². The molecule has 0 radical (unpaired) electrons. The van der Waals surface area contributed by atoms with Crippen LogP contribution in [0.4, 0.5) is 0 Å². The zero-order valence-electron chi connectivity index (χ0n) is 13.4. The number of carbonyl (C=O) groups excluding carboxylic acids is 1. The van der Waals surface area contributed by atoms with Gasteiger partial charge >= 0.3 is 5.97 Å². The van der Waals surface area contributed by atoms with Crippen molar-refractivity contribution in [3.8, 4) is 11.5 Å². The lowest BCUT2D eigenvalue weighted by Crippen LogP contribution is -2.29. The zero-order chi connectivity index (χ0) is 16.7. The molecule has 1 aromatic carbocycles. The molecule has 2 atom stereocenters. The second-order valence-corrected chi connectivity index (χ2v) is 6.87. The summed E-state index contributed by atoms with van der Waals surface area (Å²) in [5, 5.41) is 9.45. The number of likely N-dealkylation sites (tertiary alicyclic amines) is 1. The van der Waals surface area contributed by atoms with Crippen molar-refractivity contribution in [1.82, 2.24) is 4.90 Å². The van der Waals surface area contributed by atoms with Crippen molar-refractivity contribution in [3.05, 3.63) is 23.8 Å². The van der Waals surface area contributed by atoms with Crippen molar-refractivity contribution in [3.63, 3.8) is 0 Å². The summed E-state index contributed by atoms with van der Waals surface area (Å²) >= 11 is 0. The summed E-state index contributed by atoms with van der Waals surface area (Å²) in [7, 11) is 0. The van der Waals surface area contributed by atoms with Gasteiger partial charge in [-0.1, -0.05) is 0 Å². The van der Waals surface area contributed by atoms with E-state index >= 15 is 0 Å². The Balaban J connectivity index is 1.53. The molecule has 3 aliphatic rings. The molecule has 1 aromatic rings. The summed E-state index contributed by atoms with van der Waals surface area (Å²) in [6.07, 6.45) is 2.98. The van der Waals surface area contributed by atoms with Gasteiger partial charge in [0.15, 0.2) is 11.5 Å². The van der Waals surface area contributed by atoms with Gasteiger partial charge in [0.05, 0.1) is 19.1 Å². The number of amides is 1. The third kappa shape index (κ3) is 2.81. The third-order valence-electron chi connectivity index (χ3n) is 5.19. The number of hydrogen-bond acceptors (Lipinski definition) is 4. The standard InChI is InChI=1S/C18H21NO5/c20-17(12-4-5-15-16(8-12)24-7-1-6-23-15)19-9-13(11-2-3-11)14(10-19)18(21)22/h4-5,8,11,13-14H,1-3,6-7,9-10H2,(H,21,22)/t13-,14+/m1/s1. The largest absolute Gasteiger partial charge is 0.490 e. The molecule has 1 saturated carbocycles. The van der Waals surface area contributed by atoms with E-state index in [4.69, 9.17) is 9.47 Å². The van der Waals surface area contributed by atoms with Crippen molar-refractivity contribution in [1.29, 1.82) is 0 Å². The van der Waals surface area contributed by atoms with Crippen LogP contribution in [0.3, 0.4) is 0 Å². The van der Waals surface area contributed by atoms with Gasteiger partial charge in [0, 0.05) is 25.1 Å². The fourth-order valence-corrected chi connectivity index (χ4v) is 3.74. The minimum absolute atomic E-state index is 0.0897. The van der Waals surface area contributed by atoms with Crippen LogP contribution < -0.4 is 9.47 Å². The molecule has 0 bridgehead atoms. The lowest BCUT2D eigenvalue weighted by atomic mass is 9.92. The minimum atomic E-state index is -0.791. The molecule has 4 rings (SSSR count). The van der Waals surface area contributed by atoms with Gasteiger partial charge in [-0.05, 0) is 42.9 Å². The number of nitrogens with zero attached hydrogens (tertiary/aromatic N) is 1. The number of benzene rings is 1. The summed E-state index contributed by atoms with van der Waals surface area (Å²) in [5.41, 5.74) is 0.528. The van der Waals surface area contributed by atoms with Gasteiger partial charge in [0.25, 0.3) is 5.91 Å². The molecule has 0 unspecified atom stereocenters. The molecule has 128 valence electrons. The lowest BCUT2D eigenvalue weighted by Gasteiger charge is -2.17. The highest BCUT2D eigenvalue weighted by Gasteiger charge is 2.47. The Labute approximate surface area is 140 Å². The van der Waals surface area contributed by atoms with Crippen LogP contribution in [0.1, 0.15) is 29.6 Å². The summed E-state index contributed by atoms with van der Waals surface area (Å²) in [6, 6.07) is 5.20. The third-order valence-corrected chi connectivity index (χ3v) is 5.19. The molecule has 0 spiro atoms. The average molecular weight is 331 g/mol. The van der Waals surface area contributed by atoms with Gasteiger partial charge < -0.3 is 19.5 Å². The fraction of sp³-hybridized carbons (Fsp3) is 0.556. The Morgan fingerprint density at radius 3 is 2.54 bits per heavy atom. The van der Waals surface area contributed by atoms with Gasteiger partial charge in [-0.25, -0.2) is 0 Å². The first-order valence-corrected chi connectivity index (χ1v) is 8.55. The molecule has 2 aliphatic heterocycles. The molecule has 6 heteroatoms. The highest BCUT2D eigenvalue weighted by molar-refractivity contribution is 5.95. The van der Waals surface area contributed by atoms with Gasteiger partial charge in [0.1, 0.15) is 0 Å². The lowest BCUT2D eigenvalue weighted by molar-refractivity contribution is -0.142. The second kappa shape index (κ2) is 6.00. The van der Waals surface area contributed by atoms with E-state index in [1.54, 1.807) is 23.1 Å². The van der Waals surface area contributed by atoms with Gasteiger partial charge in [-0.2, -0.15) is 0 Å². The summed E-state index contributed by atoms with van der Waals surface area (Å²) in [4.78, 5) is 26.0. The predicted molar refractivity (Wildman–Crippen MR) is 85.3 cm³/mol. The topological polar surface area (TPSA) is 76.1 Å². The van der Waals surface area contributed by atoms with E-state index in [2.05, 4.69) is 0 Å². The number of carboxylic acid groups (broad SMARTS) is 1. The molecule has 0 aromatic heterocycles. The first-order valence-electron chi connectivity index (χ1n) is 8.55. The van der Waals surface area contributed by atoms with E-state index in [1.807, 2.05) is 0 Å². The van der Waals surface area contributed by atoms with E-state index in [0.29, 0.717) is 49.3 Å². The average Bonchev–Trinajstić information content (AvgIpc) is 3.36. The normalized spacial score (nSPS) is 26.1. The van der Waals surface area contributed by atoms with E-state index in [1.165, 1.54) is 0 Å². The molecule has 2 heterocycles. The Morgan fingerprint density at radius 2 is 1.83 bits per heavy atom. The number of fused-ring (bicyclic) bond motifs is 1. The van der Waals surface area contributed by atoms with Crippen molar-refractivity contribution in [2.75, 3.05) is 26.3 Å². The van der Waals surface area contributed by atoms with Crippen LogP contribution in [0.15, 0.2) is 18.2 Å². The Kier molecular flexibility index (Phi) is 3.82. The molecular weight excluding hydrogens is 310 g/mol. The number of aliphatic carboxylic acids is 1. The van der Waals surface area contributed by atoms with Crippen LogP contribution in [-0.4, -0.2) is 48.2 Å². The van der Waals surface area contributed by atoms with Crippen LogP contribution in [0, 0.1) is 17.8 Å². The maximum Gasteiger partial charge on any atom is 0.308 e. The predicted octanol–water partition coefficient (Wildman–Crippen LogP) is 2.03. The second-order valence-electron chi connectivity index (χ2n) is 6.87. The number of carboxylic acids is 1. The van der Waals surface area contributed by atoms with Gasteiger partial charge in [-0.3, -0.25) is 9.59 Å². The molecule has 24 heavy (non-hydrogen) atoms. The smallest absolute Gasteiger partial charge is 0.308 e. The highest BCUT2D eigenvalue weighted by atomic mass is 16.5.